The molecule has 4 N–H and O–H groups in total. The Balaban J connectivity index is 0. The van der Waals surface area contributed by atoms with Gasteiger partial charge >= 0.3 is 5.97 Å². The van der Waals surface area contributed by atoms with Crippen molar-refractivity contribution in [1.82, 2.24) is 0 Å². The van der Waals surface area contributed by atoms with Crippen LogP contribution in [0.15, 0.2) is 0 Å². The highest BCUT2D eigenvalue weighted by atomic mass is 32.1. The molecule has 0 saturated carbocycles. The molecule has 0 aliphatic carbocycles. The van der Waals surface area contributed by atoms with E-state index in [1.165, 1.54) is 0 Å². The van der Waals surface area contributed by atoms with Gasteiger partial charge in [0.1, 0.15) is 18.7 Å². The third-order valence-electron chi connectivity index (χ3n) is 1.67. The fourth-order valence-electron chi connectivity index (χ4n) is 0.967. The monoisotopic (exact) mass is 282 g/mol. The minimum atomic E-state index is -1.20. The Hall–Kier alpha value is -0.830. The van der Waals surface area contributed by atoms with Crippen LogP contribution in [0.3, 0.4) is 0 Å². The number of aliphatic carboxylic acids is 2. The van der Waals surface area contributed by atoms with E-state index in [2.05, 4.69) is 12.6 Å². The van der Waals surface area contributed by atoms with E-state index in [0.29, 0.717) is 11.0 Å². The maximum Gasteiger partial charge on any atom is 0.321 e. The molecule has 108 valence electrons. The number of aliphatic hydroxyl groups excluding tert-OH is 1. The average Bonchev–Trinajstić information content (AvgIpc) is 2.12. The number of carbonyl (C=O) groups is 2. The molecule has 0 aromatic carbocycles. The second-order valence-electron chi connectivity index (χ2n) is 4.83. The Morgan fingerprint density at radius 3 is 2.00 bits per heavy atom. The van der Waals surface area contributed by atoms with Crippen molar-refractivity contribution in [3.8, 4) is 0 Å². The Labute approximate surface area is 112 Å². The molecule has 0 spiro atoms. The first-order valence-electron chi connectivity index (χ1n) is 5.27. The summed E-state index contributed by atoms with van der Waals surface area (Å²) in [5.74, 6) is -2.02. The van der Waals surface area contributed by atoms with Gasteiger partial charge in [-0.25, -0.2) is 0 Å². The van der Waals surface area contributed by atoms with Crippen LogP contribution >= 0.6 is 12.6 Å². The van der Waals surface area contributed by atoms with E-state index in [1.807, 2.05) is 21.1 Å². The van der Waals surface area contributed by atoms with Crippen LogP contribution in [-0.4, -0.2) is 72.2 Å². The highest BCUT2D eigenvalue weighted by Gasteiger charge is 2.14. The molecule has 0 aliphatic rings. The fraction of sp³-hybridized carbons (Fsp3) is 0.800. The van der Waals surface area contributed by atoms with Gasteiger partial charge in [0.25, 0.3) is 0 Å². The van der Waals surface area contributed by atoms with E-state index in [9.17, 15) is 14.7 Å². The van der Waals surface area contributed by atoms with E-state index < -0.39 is 24.1 Å². The summed E-state index contributed by atoms with van der Waals surface area (Å²) in [7, 11) is 5.66. The van der Waals surface area contributed by atoms with Crippen molar-refractivity contribution in [3.63, 3.8) is 0 Å². The molecule has 0 bridgehead atoms. The van der Waals surface area contributed by atoms with Gasteiger partial charge in [-0.2, -0.15) is 12.6 Å². The van der Waals surface area contributed by atoms with E-state index in [1.54, 1.807) is 0 Å². The molecular formula is C10H22N2O5S. The summed E-state index contributed by atoms with van der Waals surface area (Å²) in [6.45, 7) is 0.425. The topological polar surface area (TPSA) is 124 Å². The smallest absolute Gasteiger partial charge is 0.321 e. The molecule has 2 atom stereocenters. The lowest BCUT2D eigenvalue weighted by atomic mass is 10.2. The maximum atomic E-state index is 10.0. The lowest BCUT2D eigenvalue weighted by molar-refractivity contribution is -0.873. The first kappa shape index (κ1) is 19.5. The second kappa shape index (κ2) is 9.15. The average molecular weight is 282 g/mol. The van der Waals surface area contributed by atoms with Crippen LogP contribution in [0.1, 0.15) is 6.42 Å². The van der Waals surface area contributed by atoms with Crippen LogP contribution in [-0.2, 0) is 9.59 Å². The van der Waals surface area contributed by atoms with Crippen molar-refractivity contribution in [2.75, 3.05) is 33.4 Å². The van der Waals surface area contributed by atoms with Crippen LogP contribution in [0.4, 0.5) is 0 Å². The summed E-state index contributed by atoms with van der Waals surface area (Å²) in [6, 6.07) is -0.816. The third-order valence-corrected chi connectivity index (χ3v) is 2.07. The predicted octanol–water partition coefficient (Wildman–Crippen LogP) is -2.48. The molecule has 0 heterocycles. The van der Waals surface area contributed by atoms with Crippen molar-refractivity contribution in [1.29, 1.82) is 0 Å². The first-order chi connectivity index (χ1) is 7.99. The van der Waals surface area contributed by atoms with Gasteiger partial charge < -0.3 is 30.3 Å². The molecule has 0 saturated heterocycles. The van der Waals surface area contributed by atoms with Gasteiger partial charge in [0.05, 0.1) is 21.1 Å². The standard InChI is InChI=1S/C7H15NO3.C3H7NO2S/c1-8(2,3)5-6(9)4-7(10)11;4-2(1-7)3(5)6/h6,9H,4-5H2,1-3H3;2,7H,1,4H2,(H,5,6)/t6-;2-/m10/s1. The van der Waals surface area contributed by atoms with Crippen molar-refractivity contribution >= 4 is 24.6 Å². The molecule has 0 amide bonds. The molecule has 0 rings (SSSR count). The SMILES string of the molecule is C[N+](C)(C)C[C@H](O)CC(=O)[O-].N[C@@H](CS)C(=O)O. The van der Waals surface area contributed by atoms with E-state index >= 15 is 0 Å². The number of hydrogen-bond acceptors (Lipinski definition) is 6. The van der Waals surface area contributed by atoms with Crippen LogP contribution in [0.5, 0.6) is 0 Å². The zero-order valence-electron chi connectivity index (χ0n) is 10.9. The van der Waals surface area contributed by atoms with Gasteiger partial charge in [-0.3, -0.25) is 4.79 Å². The van der Waals surface area contributed by atoms with Gasteiger partial charge in [0, 0.05) is 18.1 Å². The second-order valence-corrected chi connectivity index (χ2v) is 5.20. The number of rotatable bonds is 6. The molecule has 0 aromatic heterocycles. The highest BCUT2D eigenvalue weighted by molar-refractivity contribution is 7.80. The van der Waals surface area contributed by atoms with Crippen molar-refractivity contribution in [2.45, 2.75) is 18.6 Å². The van der Waals surface area contributed by atoms with Crippen LogP contribution in [0.25, 0.3) is 0 Å². The minimum absolute atomic E-state index is 0.190. The zero-order valence-corrected chi connectivity index (χ0v) is 11.8. The largest absolute Gasteiger partial charge is 0.550 e. The summed E-state index contributed by atoms with van der Waals surface area (Å²) in [5.41, 5.74) is 4.94. The number of carboxylic acid groups (broad SMARTS) is 2. The van der Waals surface area contributed by atoms with Crippen LogP contribution in [0.2, 0.25) is 0 Å². The third kappa shape index (κ3) is 15.2. The number of quaternary nitrogens is 1. The lowest BCUT2D eigenvalue weighted by Gasteiger charge is -2.26. The number of hydrogen-bond donors (Lipinski definition) is 4. The Bertz CT molecular complexity index is 267. The number of nitrogens with two attached hydrogens (primary N) is 1. The Morgan fingerprint density at radius 2 is 1.83 bits per heavy atom. The van der Waals surface area contributed by atoms with Crippen molar-refractivity contribution in [2.24, 2.45) is 5.73 Å². The normalized spacial score (nSPS) is 14.1. The maximum absolute atomic E-state index is 10.0. The summed E-state index contributed by atoms with van der Waals surface area (Å²) < 4.78 is 0.550. The number of likely N-dealkylation sites (N-methyl/N-ethyl adjacent to an activating group) is 1. The first-order valence-corrected chi connectivity index (χ1v) is 5.90. The van der Waals surface area contributed by atoms with Crippen LogP contribution < -0.4 is 10.8 Å². The summed E-state index contributed by atoms with van der Waals surface area (Å²) in [4.78, 5) is 19.8. The van der Waals surface area contributed by atoms with Crippen molar-refractivity contribution in [3.05, 3.63) is 0 Å². The van der Waals surface area contributed by atoms with Gasteiger partial charge in [-0.1, -0.05) is 0 Å². The van der Waals surface area contributed by atoms with E-state index in [4.69, 9.17) is 15.9 Å². The number of aliphatic hydroxyl groups is 1. The number of thiol groups is 1. The minimum Gasteiger partial charge on any atom is -0.550 e. The number of carboxylic acids is 2. The summed E-state index contributed by atoms with van der Waals surface area (Å²) in [6.07, 6.45) is -1.09. The quantitative estimate of drug-likeness (QED) is 0.316. The molecule has 8 heteroatoms. The van der Waals surface area contributed by atoms with Gasteiger partial charge in [0.15, 0.2) is 0 Å². The molecule has 7 nitrogen and oxygen atoms in total. The van der Waals surface area contributed by atoms with Crippen molar-refractivity contribution < 1.29 is 29.4 Å². The molecule has 0 aliphatic heterocycles. The van der Waals surface area contributed by atoms with E-state index in [-0.39, 0.29) is 12.2 Å². The molecule has 0 aromatic rings. The van der Waals surface area contributed by atoms with Gasteiger partial charge in [-0.05, 0) is 0 Å². The molecular weight excluding hydrogens is 260 g/mol. The summed E-state index contributed by atoms with van der Waals surface area (Å²) in [5, 5.41) is 27.1. The molecule has 0 fully saturated rings. The number of nitrogens with zero attached hydrogens (tertiary/aromatic N) is 1. The zero-order chi connectivity index (χ0) is 14.9. The lowest BCUT2D eigenvalue weighted by Crippen LogP contribution is -2.43. The Morgan fingerprint density at radius 1 is 1.39 bits per heavy atom. The fourth-order valence-corrected chi connectivity index (χ4v) is 1.12. The molecule has 18 heavy (non-hydrogen) atoms. The summed E-state index contributed by atoms with van der Waals surface area (Å²) >= 11 is 3.65. The van der Waals surface area contributed by atoms with Crippen LogP contribution in [0, 0.1) is 0 Å². The predicted molar refractivity (Wildman–Crippen MR) is 68.0 cm³/mol. The van der Waals surface area contributed by atoms with Gasteiger partial charge in [-0.15, -0.1) is 0 Å². The molecule has 0 unspecified atom stereocenters. The molecule has 0 radical (unpaired) electrons. The highest BCUT2D eigenvalue weighted by Crippen LogP contribution is 1.97. The van der Waals surface area contributed by atoms with E-state index in [0.717, 1.165) is 0 Å². The van der Waals surface area contributed by atoms with Gasteiger partial charge in [0.2, 0.25) is 0 Å². The number of carbonyl (C=O) groups excluding carboxylic acids is 1. The Kier molecular flexibility index (Phi) is 9.91.